The summed E-state index contributed by atoms with van der Waals surface area (Å²) in [4.78, 5) is 0. The first kappa shape index (κ1) is 18.7. The summed E-state index contributed by atoms with van der Waals surface area (Å²) in [5.74, 6) is 0. The van der Waals surface area contributed by atoms with Crippen LogP contribution in [0.5, 0.6) is 0 Å². The molecule has 0 saturated heterocycles. The highest BCUT2D eigenvalue weighted by molar-refractivity contribution is 7.49. The number of hydrogen-bond acceptors (Lipinski definition) is 5. The quantitative estimate of drug-likeness (QED) is 0.663. The molecule has 0 aliphatic carbocycles. The highest BCUT2D eigenvalue weighted by Gasteiger charge is 2.45. The standard InChI is InChI=1S/C11H27NO4P2/c1-8-11(12,9(2)17(13-4)14-5)10(3)18(15-6)16-7/h9-10H,8,12H2,1-7H3. The Kier molecular flexibility index (Phi) is 9.08. The third kappa shape index (κ3) is 4.08. The second-order valence-corrected chi connectivity index (χ2v) is 8.27. The molecule has 110 valence electrons. The van der Waals surface area contributed by atoms with Gasteiger partial charge in [0.1, 0.15) is 0 Å². The third-order valence-electron chi connectivity index (χ3n) is 3.52. The van der Waals surface area contributed by atoms with Crippen LogP contribution in [0, 0.1) is 0 Å². The Balaban J connectivity index is 5.08. The molecule has 0 fully saturated rings. The minimum Gasteiger partial charge on any atom is -0.337 e. The van der Waals surface area contributed by atoms with E-state index in [0.717, 1.165) is 6.42 Å². The van der Waals surface area contributed by atoms with Gasteiger partial charge in [-0.25, -0.2) is 0 Å². The minimum absolute atomic E-state index is 0.0952. The molecule has 0 saturated carbocycles. The van der Waals surface area contributed by atoms with Crippen molar-refractivity contribution in [1.29, 1.82) is 0 Å². The van der Waals surface area contributed by atoms with Crippen molar-refractivity contribution in [3.63, 3.8) is 0 Å². The fourth-order valence-corrected chi connectivity index (χ4v) is 5.39. The maximum atomic E-state index is 6.60. The van der Waals surface area contributed by atoms with Crippen LogP contribution < -0.4 is 5.73 Å². The topological polar surface area (TPSA) is 62.9 Å². The lowest BCUT2D eigenvalue weighted by atomic mass is 9.90. The summed E-state index contributed by atoms with van der Waals surface area (Å²) in [6, 6.07) is 0. The van der Waals surface area contributed by atoms with E-state index in [-0.39, 0.29) is 11.3 Å². The van der Waals surface area contributed by atoms with Crippen LogP contribution in [0.4, 0.5) is 0 Å². The van der Waals surface area contributed by atoms with Crippen LogP contribution in [-0.2, 0) is 18.1 Å². The van der Waals surface area contributed by atoms with E-state index in [9.17, 15) is 0 Å². The van der Waals surface area contributed by atoms with Gasteiger partial charge < -0.3 is 23.8 Å². The summed E-state index contributed by atoms with van der Waals surface area (Å²) < 4.78 is 21.6. The third-order valence-corrected chi connectivity index (χ3v) is 7.19. The van der Waals surface area contributed by atoms with Gasteiger partial charge in [-0.2, -0.15) is 0 Å². The van der Waals surface area contributed by atoms with Gasteiger partial charge >= 0.3 is 0 Å². The predicted octanol–water partition coefficient (Wildman–Crippen LogP) is 3.08. The lowest BCUT2D eigenvalue weighted by Gasteiger charge is -2.43. The van der Waals surface area contributed by atoms with Crippen LogP contribution in [0.3, 0.4) is 0 Å². The van der Waals surface area contributed by atoms with Gasteiger partial charge in [0.05, 0.1) is 0 Å². The molecule has 0 amide bonds. The molecular weight excluding hydrogens is 272 g/mol. The van der Waals surface area contributed by atoms with Crippen molar-refractivity contribution in [3.8, 4) is 0 Å². The van der Waals surface area contributed by atoms with Gasteiger partial charge in [-0.05, 0) is 6.42 Å². The van der Waals surface area contributed by atoms with Crippen LogP contribution >= 0.6 is 16.8 Å². The zero-order chi connectivity index (χ0) is 14.3. The summed E-state index contributed by atoms with van der Waals surface area (Å²) in [5.41, 5.74) is 6.36. The Labute approximate surface area is 114 Å². The largest absolute Gasteiger partial charge is 0.337 e. The summed E-state index contributed by atoms with van der Waals surface area (Å²) in [7, 11) is 4.61. The van der Waals surface area contributed by atoms with Gasteiger partial charge in [0.15, 0.2) is 16.8 Å². The molecule has 0 radical (unpaired) electrons. The molecule has 0 bridgehead atoms. The van der Waals surface area contributed by atoms with Crippen molar-refractivity contribution in [2.45, 2.75) is 44.0 Å². The van der Waals surface area contributed by atoms with Crippen molar-refractivity contribution in [2.75, 3.05) is 28.4 Å². The number of nitrogens with two attached hydrogens (primary N) is 1. The van der Waals surface area contributed by atoms with E-state index in [1.165, 1.54) is 0 Å². The van der Waals surface area contributed by atoms with E-state index < -0.39 is 22.3 Å². The van der Waals surface area contributed by atoms with Crippen LogP contribution in [0.1, 0.15) is 27.2 Å². The summed E-state index contributed by atoms with van der Waals surface area (Å²) in [6.07, 6.45) is 0.812. The molecule has 0 heterocycles. The lowest BCUT2D eigenvalue weighted by molar-refractivity contribution is 0.275. The van der Waals surface area contributed by atoms with E-state index in [1.807, 2.05) is 0 Å². The number of rotatable bonds is 9. The Morgan fingerprint density at radius 1 is 0.889 bits per heavy atom. The fourth-order valence-electron chi connectivity index (χ4n) is 2.11. The molecule has 0 aliphatic heterocycles. The van der Waals surface area contributed by atoms with Crippen molar-refractivity contribution in [3.05, 3.63) is 0 Å². The molecule has 0 aromatic heterocycles. The SMILES string of the molecule is CCC(N)(C(C)P(OC)OC)C(C)P(OC)OC. The Morgan fingerprint density at radius 3 is 1.33 bits per heavy atom. The zero-order valence-corrected chi connectivity index (χ0v) is 14.3. The molecule has 18 heavy (non-hydrogen) atoms. The molecule has 0 rings (SSSR count). The molecule has 5 nitrogen and oxygen atoms in total. The van der Waals surface area contributed by atoms with Crippen molar-refractivity contribution in [2.24, 2.45) is 5.73 Å². The van der Waals surface area contributed by atoms with Crippen LogP contribution in [0.2, 0.25) is 0 Å². The Morgan fingerprint density at radius 2 is 1.17 bits per heavy atom. The molecule has 0 aromatic rings. The molecule has 0 spiro atoms. The first-order chi connectivity index (χ1) is 8.42. The zero-order valence-electron chi connectivity index (χ0n) is 12.5. The van der Waals surface area contributed by atoms with Crippen molar-refractivity contribution >= 4 is 16.8 Å². The number of hydrogen-bond donors (Lipinski definition) is 1. The minimum atomic E-state index is -1.00. The van der Waals surface area contributed by atoms with Crippen LogP contribution in [-0.4, -0.2) is 45.3 Å². The Bertz CT molecular complexity index is 207. The van der Waals surface area contributed by atoms with Gasteiger partial charge in [-0.15, -0.1) is 0 Å². The monoisotopic (exact) mass is 299 g/mol. The van der Waals surface area contributed by atoms with E-state index in [2.05, 4.69) is 20.8 Å². The molecule has 2 atom stereocenters. The second kappa shape index (κ2) is 8.76. The van der Waals surface area contributed by atoms with E-state index >= 15 is 0 Å². The summed E-state index contributed by atoms with van der Waals surface area (Å²) >= 11 is 0. The van der Waals surface area contributed by atoms with Gasteiger partial charge in [0.2, 0.25) is 0 Å². The molecule has 0 aliphatic rings. The molecule has 2 unspecified atom stereocenters. The van der Waals surface area contributed by atoms with E-state index in [1.54, 1.807) is 28.4 Å². The van der Waals surface area contributed by atoms with Crippen LogP contribution in [0.15, 0.2) is 0 Å². The Hall–Kier alpha value is 0.660. The molecule has 0 aromatic carbocycles. The average molecular weight is 299 g/mol. The molecular formula is C11H27NO4P2. The van der Waals surface area contributed by atoms with E-state index in [4.69, 9.17) is 23.8 Å². The normalized spacial score (nSPS) is 19.0. The fraction of sp³-hybridized carbons (Fsp3) is 1.00. The van der Waals surface area contributed by atoms with Gasteiger partial charge in [-0.3, -0.25) is 0 Å². The van der Waals surface area contributed by atoms with Crippen molar-refractivity contribution < 1.29 is 18.1 Å². The highest BCUT2D eigenvalue weighted by atomic mass is 31.2. The van der Waals surface area contributed by atoms with Crippen molar-refractivity contribution in [1.82, 2.24) is 0 Å². The first-order valence-electron chi connectivity index (χ1n) is 5.96. The molecule has 2 N–H and O–H groups in total. The first-order valence-corrected chi connectivity index (χ1v) is 8.45. The van der Waals surface area contributed by atoms with Gasteiger partial charge in [-0.1, -0.05) is 20.8 Å². The highest BCUT2D eigenvalue weighted by Crippen LogP contribution is 2.54. The van der Waals surface area contributed by atoms with E-state index in [0.29, 0.717) is 0 Å². The van der Waals surface area contributed by atoms with Gasteiger partial charge in [0.25, 0.3) is 0 Å². The smallest absolute Gasteiger partial charge is 0.174 e. The maximum absolute atomic E-state index is 6.60. The van der Waals surface area contributed by atoms with Crippen LogP contribution in [0.25, 0.3) is 0 Å². The molecule has 7 heteroatoms. The predicted molar refractivity (Wildman–Crippen MR) is 78.0 cm³/mol. The summed E-state index contributed by atoms with van der Waals surface area (Å²) in [5, 5.41) is 0. The summed E-state index contributed by atoms with van der Waals surface area (Å²) in [6.45, 7) is 6.21. The second-order valence-electron chi connectivity index (χ2n) is 4.12. The lowest BCUT2D eigenvalue weighted by Crippen LogP contribution is -2.56. The van der Waals surface area contributed by atoms with Gasteiger partial charge in [0, 0.05) is 45.3 Å². The maximum Gasteiger partial charge on any atom is 0.174 e. The average Bonchev–Trinajstić information content (AvgIpc) is 2.40.